The topological polar surface area (TPSA) is 110 Å². The van der Waals surface area contributed by atoms with E-state index in [-0.39, 0.29) is 16.8 Å². The molecule has 0 bridgehead atoms. The number of nitro groups is 1. The van der Waals surface area contributed by atoms with Crippen LogP contribution in [0.1, 0.15) is 39.2 Å². The molecule has 2 aliphatic rings. The molecule has 0 radical (unpaired) electrons. The van der Waals surface area contributed by atoms with Crippen LogP contribution in [0.3, 0.4) is 0 Å². The molecule has 0 unspecified atom stereocenters. The van der Waals surface area contributed by atoms with Gasteiger partial charge in [0.1, 0.15) is 11.8 Å². The van der Waals surface area contributed by atoms with Crippen LogP contribution >= 0.6 is 15.9 Å². The summed E-state index contributed by atoms with van der Waals surface area (Å²) in [4.78, 5) is 52.9. The Labute approximate surface area is 208 Å². The number of benzene rings is 3. The molecular weight excluding hydrogens is 518 g/mol. The van der Waals surface area contributed by atoms with Crippen LogP contribution in [0.5, 0.6) is 5.75 Å². The molecule has 9 nitrogen and oxygen atoms in total. The van der Waals surface area contributed by atoms with Crippen molar-refractivity contribution in [3.63, 3.8) is 0 Å². The largest absolute Gasteiger partial charge is 0.494 e. The molecule has 0 aromatic heterocycles. The number of hydrogen-bond donors (Lipinski definition) is 0. The minimum absolute atomic E-state index is 0.0425. The van der Waals surface area contributed by atoms with Gasteiger partial charge < -0.3 is 9.64 Å². The molecule has 0 N–H and O–H groups in total. The van der Waals surface area contributed by atoms with E-state index >= 15 is 0 Å². The van der Waals surface area contributed by atoms with Crippen molar-refractivity contribution in [3.05, 3.63) is 98.0 Å². The molecule has 3 aromatic carbocycles. The number of carbonyl (C=O) groups excluding carboxylic acids is 3. The van der Waals surface area contributed by atoms with Gasteiger partial charge in [-0.05, 0) is 55.0 Å². The second-order valence-corrected chi connectivity index (χ2v) is 8.96. The van der Waals surface area contributed by atoms with Crippen molar-refractivity contribution < 1.29 is 24.0 Å². The highest BCUT2D eigenvalue weighted by atomic mass is 79.9. The van der Waals surface area contributed by atoms with E-state index in [9.17, 15) is 24.5 Å². The van der Waals surface area contributed by atoms with E-state index < -0.39 is 34.7 Å². The van der Waals surface area contributed by atoms with Crippen molar-refractivity contribution in [2.45, 2.75) is 19.0 Å². The number of rotatable bonds is 6. The Morgan fingerprint density at radius 3 is 2.17 bits per heavy atom. The number of ether oxygens (including phenoxy) is 1. The van der Waals surface area contributed by atoms with Crippen molar-refractivity contribution in [1.29, 1.82) is 0 Å². The number of anilines is 1. The first kappa shape index (κ1) is 22.7. The summed E-state index contributed by atoms with van der Waals surface area (Å²) in [7, 11) is 0. The summed E-state index contributed by atoms with van der Waals surface area (Å²) in [5.74, 6) is -1.14. The lowest BCUT2D eigenvalue weighted by atomic mass is 9.86. The predicted octanol–water partition coefficient (Wildman–Crippen LogP) is 4.51. The number of non-ortho nitro benzene ring substituents is 1. The molecule has 1 fully saturated rings. The van der Waals surface area contributed by atoms with Crippen LogP contribution in [-0.4, -0.2) is 40.2 Å². The molecule has 176 valence electrons. The second kappa shape index (κ2) is 8.62. The number of imide groups is 1. The van der Waals surface area contributed by atoms with Gasteiger partial charge in [0, 0.05) is 22.3 Å². The zero-order valence-corrected chi connectivity index (χ0v) is 20.0. The number of amides is 3. The molecule has 2 aliphatic heterocycles. The maximum Gasteiger partial charge on any atom is 0.270 e. The number of halogens is 1. The van der Waals surface area contributed by atoms with Crippen molar-refractivity contribution in [1.82, 2.24) is 4.90 Å². The fourth-order valence-corrected chi connectivity index (χ4v) is 4.75. The summed E-state index contributed by atoms with van der Waals surface area (Å²) in [6.45, 7) is 2.37. The van der Waals surface area contributed by atoms with E-state index in [2.05, 4.69) is 15.9 Å². The molecular formula is C25H18BrN3O6. The number of carbonyl (C=O) groups is 3. The molecule has 3 amide bonds. The Kier molecular flexibility index (Phi) is 5.60. The monoisotopic (exact) mass is 535 g/mol. The fourth-order valence-electron chi connectivity index (χ4n) is 4.49. The lowest BCUT2D eigenvalue weighted by molar-refractivity contribution is -0.384. The summed E-state index contributed by atoms with van der Waals surface area (Å²) in [6, 6.07) is 16.0. The molecule has 5 rings (SSSR count). The zero-order valence-electron chi connectivity index (χ0n) is 18.4. The third-order valence-corrected chi connectivity index (χ3v) is 6.62. The Balaban J connectivity index is 1.55. The molecule has 0 aliphatic carbocycles. The molecule has 2 atom stereocenters. The van der Waals surface area contributed by atoms with Crippen LogP contribution in [0.2, 0.25) is 0 Å². The summed E-state index contributed by atoms with van der Waals surface area (Å²) in [5.41, 5.74) is 0.987. The molecule has 1 saturated heterocycles. The first-order chi connectivity index (χ1) is 16.8. The van der Waals surface area contributed by atoms with Gasteiger partial charge in [-0.15, -0.1) is 0 Å². The predicted molar refractivity (Wildman–Crippen MR) is 129 cm³/mol. The van der Waals surface area contributed by atoms with Crippen molar-refractivity contribution in [3.8, 4) is 5.75 Å². The van der Waals surface area contributed by atoms with Crippen molar-refractivity contribution in [2.75, 3.05) is 11.5 Å². The van der Waals surface area contributed by atoms with Crippen molar-refractivity contribution in [2.24, 2.45) is 0 Å². The van der Waals surface area contributed by atoms with Gasteiger partial charge in [-0.1, -0.05) is 28.1 Å². The molecule has 0 spiro atoms. The summed E-state index contributed by atoms with van der Waals surface area (Å²) < 4.78 is 6.35. The second-order valence-electron chi connectivity index (χ2n) is 8.04. The zero-order chi connectivity index (χ0) is 24.9. The minimum Gasteiger partial charge on any atom is -0.494 e. The first-order valence-electron chi connectivity index (χ1n) is 10.8. The maximum absolute atomic E-state index is 13.4. The Morgan fingerprint density at radius 2 is 1.54 bits per heavy atom. The lowest BCUT2D eigenvalue weighted by Gasteiger charge is -2.49. The maximum atomic E-state index is 13.4. The molecule has 3 aromatic rings. The third-order valence-electron chi connectivity index (χ3n) is 6.10. The Bertz CT molecular complexity index is 1370. The number of hydrogen-bond acceptors (Lipinski definition) is 6. The van der Waals surface area contributed by atoms with Crippen LogP contribution in [0.4, 0.5) is 11.4 Å². The fraction of sp³-hybridized carbons (Fsp3) is 0.160. The number of nitro benzene ring substituents is 1. The summed E-state index contributed by atoms with van der Waals surface area (Å²) in [6.07, 6.45) is 0. The van der Waals surface area contributed by atoms with Gasteiger partial charge in [0.15, 0.2) is 0 Å². The standard InChI is InChI=1S/C25H18BrN3O6/c1-2-35-18-10-3-14(4-11-18)21-22(25(32)27(21)16-7-5-15(26)6-8-16)28-23(30)19-12-9-17(29(33)34)13-20(19)24(28)31/h3-13,21-22H,2H2,1H3/t21-,22-/m1/s1. The number of β-lactam (4-membered cyclic amide) rings is 1. The van der Waals surface area contributed by atoms with Crippen LogP contribution in [0.25, 0.3) is 0 Å². The smallest absolute Gasteiger partial charge is 0.270 e. The highest BCUT2D eigenvalue weighted by Gasteiger charge is 2.57. The molecule has 2 heterocycles. The first-order valence-corrected chi connectivity index (χ1v) is 11.6. The van der Waals surface area contributed by atoms with Gasteiger partial charge in [0.25, 0.3) is 23.4 Å². The van der Waals surface area contributed by atoms with E-state index in [0.29, 0.717) is 23.6 Å². The lowest BCUT2D eigenvalue weighted by Crippen LogP contribution is -2.67. The summed E-state index contributed by atoms with van der Waals surface area (Å²) in [5, 5.41) is 11.2. The van der Waals surface area contributed by atoms with Gasteiger partial charge >= 0.3 is 0 Å². The van der Waals surface area contributed by atoms with Crippen LogP contribution in [0, 0.1) is 10.1 Å². The van der Waals surface area contributed by atoms with Gasteiger partial charge in [-0.25, -0.2) is 0 Å². The average molecular weight is 536 g/mol. The highest BCUT2D eigenvalue weighted by molar-refractivity contribution is 9.10. The van der Waals surface area contributed by atoms with Gasteiger partial charge in [-0.3, -0.25) is 29.4 Å². The Hall–Kier alpha value is -4.05. The number of nitrogens with zero attached hydrogens (tertiary/aromatic N) is 3. The molecule has 35 heavy (non-hydrogen) atoms. The highest BCUT2D eigenvalue weighted by Crippen LogP contribution is 2.45. The molecule has 10 heteroatoms. The normalized spacial score (nSPS) is 19.0. The third kappa shape index (κ3) is 3.66. The molecule has 0 saturated carbocycles. The van der Waals surface area contributed by atoms with Crippen LogP contribution in [-0.2, 0) is 4.79 Å². The van der Waals surface area contributed by atoms with E-state index in [4.69, 9.17) is 4.74 Å². The SMILES string of the molecule is CCOc1ccc([C@@H]2[C@@H](N3C(=O)c4ccc([N+](=O)[O-])cc4C3=O)C(=O)N2c2ccc(Br)cc2)cc1. The van der Waals surface area contributed by atoms with Gasteiger partial charge in [-0.2, -0.15) is 0 Å². The average Bonchev–Trinajstić information content (AvgIpc) is 3.09. The van der Waals surface area contributed by atoms with Gasteiger partial charge in [0.2, 0.25) is 0 Å². The van der Waals surface area contributed by atoms with E-state index in [1.807, 2.05) is 6.92 Å². The quantitative estimate of drug-likeness (QED) is 0.199. The minimum atomic E-state index is -1.09. The van der Waals surface area contributed by atoms with E-state index in [0.717, 1.165) is 15.4 Å². The number of fused-ring (bicyclic) bond motifs is 1. The van der Waals surface area contributed by atoms with E-state index in [1.54, 1.807) is 53.4 Å². The van der Waals surface area contributed by atoms with Gasteiger partial charge in [0.05, 0.1) is 28.7 Å². The van der Waals surface area contributed by atoms with Crippen LogP contribution in [0.15, 0.2) is 71.2 Å². The summed E-state index contributed by atoms with van der Waals surface area (Å²) >= 11 is 3.38. The van der Waals surface area contributed by atoms with Crippen LogP contribution < -0.4 is 9.64 Å². The van der Waals surface area contributed by atoms with Crippen molar-refractivity contribution >= 4 is 45.0 Å². The Morgan fingerprint density at radius 1 is 0.886 bits per heavy atom. The van der Waals surface area contributed by atoms with E-state index in [1.165, 1.54) is 12.1 Å².